The SMILES string of the molecule is CSCC(CCO)NC(=O)Nc1cccc2c1CCCC2. The lowest BCUT2D eigenvalue weighted by Crippen LogP contribution is -2.40. The van der Waals surface area contributed by atoms with Crippen molar-refractivity contribution in [1.29, 1.82) is 0 Å². The summed E-state index contributed by atoms with van der Waals surface area (Å²) in [6.45, 7) is 0.0895. The van der Waals surface area contributed by atoms with Crippen LogP contribution in [0.2, 0.25) is 0 Å². The van der Waals surface area contributed by atoms with Crippen LogP contribution in [0.5, 0.6) is 0 Å². The molecule has 1 aliphatic carbocycles. The van der Waals surface area contributed by atoms with Crippen LogP contribution in [-0.2, 0) is 12.8 Å². The molecule has 0 radical (unpaired) electrons. The zero-order valence-electron chi connectivity index (χ0n) is 12.5. The van der Waals surface area contributed by atoms with Gasteiger partial charge in [0.1, 0.15) is 0 Å². The number of fused-ring (bicyclic) bond motifs is 1. The molecular formula is C16H24N2O2S. The summed E-state index contributed by atoms with van der Waals surface area (Å²) in [5.74, 6) is 0.806. The number of hydrogen-bond donors (Lipinski definition) is 3. The first kappa shape index (κ1) is 16.2. The maximum atomic E-state index is 12.1. The predicted molar refractivity (Wildman–Crippen MR) is 89.1 cm³/mol. The Labute approximate surface area is 130 Å². The van der Waals surface area contributed by atoms with Crippen LogP contribution >= 0.6 is 11.8 Å². The van der Waals surface area contributed by atoms with Gasteiger partial charge in [-0.15, -0.1) is 0 Å². The van der Waals surface area contributed by atoms with Gasteiger partial charge in [0.25, 0.3) is 0 Å². The minimum atomic E-state index is -0.179. The molecule has 0 aromatic heterocycles. The van der Waals surface area contributed by atoms with Crippen molar-refractivity contribution in [2.24, 2.45) is 0 Å². The van der Waals surface area contributed by atoms with Crippen LogP contribution in [0.3, 0.4) is 0 Å². The Hall–Kier alpha value is -1.20. The fourth-order valence-corrected chi connectivity index (χ4v) is 3.45. The molecule has 1 aromatic rings. The number of carbonyl (C=O) groups is 1. The first-order valence-electron chi connectivity index (χ1n) is 7.52. The van der Waals surface area contributed by atoms with Crippen LogP contribution in [0.4, 0.5) is 10.5 Å². The van der Waals surface area contributed by atoms with Gasteiger partial charge in [-0.3, -0.25) is 0 Å². The molecule has 0 spiro atoms. The number of carbonyl (C=O) groups excluding carboxylic acids is 1. The maximum Gasteiger partial charge on any atom is 0.319 e. The molecule has 4 nitrogen and oxygen atoms in total. The smallest absolute Gasteiger partial charge is 0.319 e. The molecule has 1 aliphatic rings. The molecule has 2 rings (SSSR count). The number of anilines is 1. The summed E-state index contributed by atoms with van der Waals surface area (Å²) >= 11 is 1.67. The predicted octanol–water partition coefficient (Wildman–Crippen LogP) is 2.80. The van der Waals surface area contributed by atoms with Crippen LogP contribution in [0.1, 0.15) is 30.4 Å². The molecule has 3 N–H and O–H groups in total. The van der Waals surface area contributed by atoms with Gasteiger partial charge in [0, 0.05) is 24.1 Å². The number of nitrogens with one attached hydrogen (secondary N) is 2. The number of amides is 2. The van der Waals surface area contributed by atoms with E-state index in [4.69, 9.17) is 5.11 Å². The van der Waals surface area contributed by atoms with Crippen molar-refractivity contribution in [3.05, 3.63) is 29.3 Å². The Morgan fingerprint density at radius 2 is 2.19 bits per heavy atom. The highest BCUT2D eigenvalue weighted by atomic mass is 32.2. The molecule has 1 atom stereocenters. The molecule has 0 saturated heterocycles. The lowest BCUT2D eigenvalue weighted by atomic mass is 9.90. The molecule has 116 valence electrons. The van der Waals surface area contributed by atoms with Gasteiger partial charge in [0.05, 0.1) is 0 Å². The van der Waals surface area contributed by atoms with Gasteiger partial charge in [-0.2, -0.15) is 11.8 Å². The zero-order chi connectivity index (χ0) is 15.1. The number of aliphatic hydroxyl groups excluding tert-OH is 1. The highest BCUT2D eigenvalue weighted by Crippen LogP contribution is 2.27. The number of hydrogen-bond acceptors (Lipinski definition) is 3. The molecule has 1 aromatic carbocycles. The Morgan fingerprint density at radius 1 is 1.38 bits per heavy atom. The topological polar surface area (TPSA) is 61.4 Å². The van der Waals surface area contributed by atoms with Crippen molar-refractivity contribution in [2.75, 3.05) is 23.9 Å². The Bertz CT molecular complexity index is 473. The van der Waals surface area contributed by atoms with Gasteiger partial charge in [-0.25, -0.2) is 4.79 Å². The maximum absolute atomic E-state index is 12.1. The Morgan fingerprint density at radius 3 is 2.95 bits per heavy atom. The summed E-state index contributed by atoms with van der Waals surface area (Å²) in [4.78, 5) is 12.1. The quantitative estimate of drug-likeness (QED) is 0.757. The fraction of sp³-hybridized carbons (Fsp3) is 0.562. The average molecular weight is 308 g/mol. The summed E-state index contributed by atoms with van der Waals surface area (Å²) in [5.41, 5.74) is 3.56. The van der Waals surface area contributed by atoms with Gasteiger partial charge in [-0.05, 0) is 55.6 Å². The molecule has 0 heterocycles. The number of aryl methyl sites for hydroxylation is 1. The average Bonchev–Trinajstić information content (AvgIpc) is 2.48. The van der Waals surface area contributed by atoms with Crippen molar-refractivity contribution in [3.8, 4) is 0 Å². The lowest BCUT2D eigenvalue weighted by Gasteiger charge is -2.21. The van der Waals surface area contributed by atoms with Crippen LogP contribution in [-0.4, -0.2) is 35.8 Å². The minimum absolute atomic E-state index is 0.00420. The lowest BCUT2D eigenvalue weighted by molar-refractivity contribution is 0.241. The number of urea groups is 1. The third-order valence-electron chi connectivity index (χ3n) is 3.82. The second-order valence-corrected chi connectivity index (χ2v) is 6.32. The van der Waals surface area contributed by atoms with Gasteiger partial charge in [0.15, 0.2) is 0 Å². The van der Waals surface area contributed by atoms with E-state index < -0.39 is 0 Å². The van der Waals surface area contributed by atoms with E-state index in [-0.39, 0.29) is 18.7 Å². The van der Waals surface area contributed by atoms with Crippen LogP contribution in [0.15, 0.2) is 18.2 Å². The van der Waals surface area contributed by atoms with Crippen LogP contribution in [0.25, 0.3) is 0 Å². The fourth-order valence-electron chi connectivity index (χ4n) is 2.80. The number of aliphatic hydroxyl groups is 1. The van der Waals surface area contributed by atoms with Crippen LogP contribution in [0, 0.1) is 0 Å². The van der Waals surface area contributed by atoms with Crippen molar-refractivity contribution in [2.45, 2.75) is 38.1 Å². The van der Waals surface area contributed by atoms with E-state index >= 15 is 0 Å². The highest BCUT2D eigenvalue weighted by Gasteiger charge is 2.16. The van der Waals surface area contributed by atoms with Crippen molar-refractivity contribution in [3.63, 3.8) is 0 Å². The number of benzene rings is 1. The van der Waals surface area contributed by atoms with Gasteiger partial charge >= 0.3 is 6.03 Å². The van der Waals surface area contributed by atoms with Gasteiger partial charge < -0.3 is 15.7 Å². The van der Waals surface area contributed by atoms with E-state index in [2.05, 4.69) is 16.7 Å². The monoisotopic (exact) mass is 308 g/mol. The molecule has 0 fully saturated rings. The molecule has 0 aliphatic heterocycles. The second-order valence-electron chi connectivity index (χ2n) is 5.41. The largest absolute Gasteiger partial charge is 0.396 e. The van der Waals surface area contributed by atoms with E-state index in [0.717, 1.165) is 24.3 Å². The van der Waals surface area contributed by atoms with E-state index in [1.807, 2.05) is 18.4 Å². The van der Waals surface area contributed by atoms with E-state index in [9.17, 15) is 4.79 Å². The van der Waals surface area contributed by atoms with Crippen molar-refractivity contribution >= 4 is 23.5 Å². The molecule has 0 saturated carbocycles. The van der Waals surface area contributed by atoms with Gasteiger partial charge in [0.2, 0.25) is 0 Å². The third-order valence-corrected chi connectivity index (χ3v) is 4.56. The molecule has 2 amide bonds. The second kappa shape index (κ2) is 8.29. The molecule has 21 heavy (non-hydrogen) atoms. The molecule has 0 bridgehead atoms. The van der Waals surface area contributed by atoms with Crippen LogP contribution < -0.4 is 10.6 Å². The summed E-state index contributed by atoms with van der Waals surface area (Å²) in [5, 5.41) is 15.0. The number of rotatable bonds is 6. The summed E-state index contributed by atoms with van der Waals surface area (Å²) < 4.78 is 0. The Kier molecular flexibility index (Phi) is 6.39. The molecule has 5 heteroatoms. The summed E-state index contributed by atoms with van der Waals surface area (Å²) in [6.07, 6.45) is 7.14. The van der Waals surface area contributed by atoms with E-state index in [1.165, 1.54) is 24.0 Å². The first-order chi connectivity index (χ1) is 10.2. The molecule has 1 unspecified atom stereocenters. The molecular weight excluding hydrogens is 284 g/mol. The Balaban J connectivity index is 1.99. The van der Waals surface area contributed by atoms with Gasteiger partial charge in [-0.1, -0.05) is 12.1 Å². The highest BCUT2D eigenvalue weighted by molar-refractivity contribution is 7.98. The van der Waals surface area contributed by atoms with E-state index in [0.29, 0.717) is 6.42 Å². The standard InChI is InChI=1S/C16H24N2O2S/c1-21-11-13(9-10-19)17-16(20)18-15-8-4-6-12-5-2-3-7-14(12)15/h4,6,8,13,19H,2-3,5,7,9-11H2,1H3,(H2,17,18,20). The van der Waals surface area contributed by atoms with E-state index in [1.54, 1.807) is 11.8 Å². The van der Waals surface area contributed by atoms with Crippen molar-refractivity contribution in [1.82, 2.24) is 5.32 Å². The summed E-state index contributed by atoms with van der Waals surface area (Å²) in [6, 6.07) is 5.96. The normalized spacial score (nSPS) is 15.1. The zero-order valence-corrected chi connectivity index (χ0v) is 13.3. The third kappa shape index (κ3) is 4.64. The number of thioether (sulfide) groups is 1. The summed E-state index contributed by atoms with van der Waals surface area (Å²) in [7, 11) is 0. The first-order valence-corrected chi connectivity index (χ1v) is 8.92. The minimum Gasteiger partial charge on any atom is -0.396 e. The van der Waals surface area contributed by atoms with Crippen molar-refractivity contribution < 1.29 is 9.90 Å².